The Morgan fingerprint density at radius 3 is 2.68 bits per heavy atom. The maximum Gasteiger partial charge on any atom is 0.293 e. The van der Waals surface area contributed by atoms with E-state index < -0.39 is 10.8 Å². The highest BCUT2D eigenvalue weighted by Gasteiger charge is 2.20. The minimum Gasteiger partial charge on any atom is -0.493 e. The molecule has 0 aliphatic carbocycles. The fourth-order valence-electron chi connectivity index (χ4n) is 3.33. The second kappa shape index (κ2) is 11.3. The largest absolute Gasteiger partial charge is 0.493 e. The molecule has 2 aromatic carbocycles. The average molecular weight is 485 g/mol. The summed E-state index contributed by atoms with van der Waals surface area (Å²) in [6.45, 7) is 4.26. The molecule has 10 heteroatoms. The lowest BCUT2D eigenvalue weighted by Crippen LogP contribution is -2.23. The van der Waals surface area contributed by atoms with Crippen LogP contribution < -0.4 is 20.1 Å². The second-order valence-corrected chi connectivity index (χ2v) is 7.74. The van der Waals surface area contributed by atoms with Gasteiger partial charge < -0.3 is 20.1 Å². The molecule has 0 bridgehead atoms. The maximum atomic E-state index is 12.7. The topological polar surface area (TPSA) is 116 Å². The van der Waals surface area contributed by atoms with Gasteiger partial charge in [-0.2, -0.15) is 0 Å². The summed E-state index contributed by atoms with van der Waals surface area (Å²) in [6, 6.07) is 12.9. The van der Waals surface area contributed by atoms with Crippen LogP contribution in [0.5, 0.6) is 11.5 Å². The van der Waals surface area contributed by atoms with E-state index in [1.165, 1.54) is 25.3 Å². The van der Waals surface area contributed by atoms with Gasteiger partial charge in [-0.05, 0) is 55.8 Å². The average Bonchev–Trinajstić information content (AvgIpc) is 2.84. The van der Waals surface area contributed by atoms with Crippen molar-refractivity contribution in [2.75, 3.05) is 19.0 Å². The summed E-state index contributed by atoms with van der Waals surface area (Å²) >= 11 is 6.28. The number of carbonyl (C=O) groups is 1. The second-order valence-electron chi connectivity index (χ2n) is 7.33. The summed E-state index contributed by atoms with van der Waals surface area (Å²) in [5.74, 6) is 0.420. The van der Waals surface area contributed by atoms with E-state index in [0.717, 1.165) is 5.69 Å². The predicted octanol–water partition coefficient (Wildman–Crippen LogP) is 5.15. The van der Waals surface area contributed by atoms with Crippen LogP contribution in [0.1, 0.15) is 41.5 Å². The minimum absolute atomic E-state index is 0.145. The molecule has 3 aromatic rings. The molecule has 1 heterocycles. The molecule has 1 unspecified atom stereocenters. The maximum absolute atomic E-state index is 12.7. The normalized spacial score (nSPS) is 11.4. The van der Waals surface area contributed by atoms with Crippen LogP contribution in [-0.4, -0.2) is 29.5 Å². The number of aromatic nitrogens is 1. The minimum atomic E-state index is -0.526. The quantitative estimate of drug-likeness (QED) is 0.302. The van der Waals surface area contributed by atoms with Crippen molar-refractivity contribution in [3.63, 3.8) is 0 Å². The standard InChI is InChI=1S/C24H25ClN4O5/c1-4-34-23-18(25)11-16(12-22(23)33-3)14-27-24(30)17-8-9-20(21(13-17)29(31)32)28-15(2)19-7-5-6-10-26-19/h5-13,15,28H,4,14H2,1-3H3,(H,27,30). The number of hydrogen-bond donors (Lipinski definition) is 2. The van der Waals surface area contributed by atoms with E-state index in [0.29, 0.717) is 34.4 Å². The van der Waals surface area contributed by atoms with Crippen molar-refractivity contribution in [2.24, 2.45) is 0 Å². The number of methoxy groups -OCH3 is 1. The molecule has 0 fully saturated rings. The number of nitrogens with zero attached hydrogens (tertiary/aromatic N) is 2. The summed E-state index contributed by atoms with van der Waals surface area (Å²) in [5.41, 5.74) is 1.68. The third-order valence-electron chi connectivity index (χ3n) is 4.99. The Morgan fingerprint density at radius 1 is 1.24 bits per heavy atom. The summed E-state index contributed by atoms with van der Waals surface area (Å²) in [7, 11) is 1.50. The van der Waals surface area contributed by atoms with Crippen LogP contribution in [0.15, 0.2) is 54.7 Å². The Hall–Kier alpha value is -3.85. The fraction of sp³-hybridized carbons (Fsp3) is 0.250. The van der Waals surface area contributed by atoms with Gasteiger partial charge in [-0.25, -0.2) is 0 Å². The van der Waals surface area contributed by atoms with Crippen LogP contribution >= 0.6 is 11.6 Å². The Balaban J connectivity index is 1.75. The van der Waals surface area contributed by atoms with E-state index in [9.17, 15) is 14.9 Å². The van der Waals surface area contributed by atoms with Crippen LogP contribution in [0.3, 0.4) is 0 Å². The van der Waals surface area contributed by atoms with E-state index in [4.69, 9.17) is 21.1 Å². The van der Waals surface area contributed by atoms with Gasteiger partial charge in [0.05, 0.1) is 35.4 Å². The Bertz CT molecular complexity index is 1170. The molecule has 0 aliphatic rings. The molecule has 0 saturated carbocycles. The molecule has 34 heavy (non-hydrogen) atoms. The molecule has 1 atom stereocenters. The molecular formula is C24H25ClN4O5. The van der Waals surface area contributed by atoms with E-state index in [1.54, 1.807) is 24.4 Å². The van der Waals surface area contributed by atoms with Crippen LogP contribution in [0.25, 0.3) is 0 Å². The molecule has 3 rings (SSSR count). The smallest absolute Gasteiger partial charge is 0.293 e. The molecule has 0 aliphatic heterocycles. The number of benzene rings is 2. The number of nitro groups is 1. The third kappa shape index (κ3) is 5.93. The zero-order valence-corrected chi connectivity index (χ0v) is 19.8. The Labute approximate surface area is 202 Å². The van der Waals surface area contributed by atoms with Crippen molar-refractivity contribution in [1.82, 2.24) is 10.3 Å². The van der Waals surface area contributed by atoms with Crippen LogP contribution in [0, 0.1) is 10.1 Å². The molecule has 0 radical (unpaired) electrons. The first kappa shape index (κ1) is 24.8. The van der Waals surface area contributed by atoms with Crippen molar-refractivity contribution >= 4 is 28.9 Å². The summed E-state index contributed by atoms with van der Waals surface area (Å²) in [6.07, 6.45) is 1.66. The highest BCUT2D eigenvalue weighted by Crippen LogP contribution is 2.36. The predicted molar refractivity (Wildman–Crippen MR) is 130 cm³/mol. The number of halogens is 1. The van der Waals surface area contributed by atoms with Gasteiger partial charge >= 0.3 is 0 Å². The molecule has 178 valence electrons. The highest BCUT2D eigenvalue weighted by molar-refractivity contribution is 6.32. The van der Waals surface area contributed by atoms with Crippen molar-refractivity contribution in [3.8, 4) is 11.5 Å². The molecular weight excluding hydrogens is 460 g/mol. The molecule has 0 saturated heterocycles. The van der Waals surface area contributed by atoms with E-state index in [1.807, 2.05) is 26.0 Å². The lowest BCUT2D eigenvalue weighted by molar-refractivity contribution is -0.384. The number of nitrogens with one attached hydrogen (secondary N) is 2. The molecule has 1 aromatic heterocycles. The molecule has 2 N–H and O–H groups in total. The first-order chi connectivity index (χ1) is 16.3. The van der Waals surface area contributed by atoms with E-state index in [2.05, 4.69) is 15.6 Å². The first-order valence-corrected chi connectivity index (χ1v) is 10.9. The number of amides is 1. The van der Waals surface area contributed by atoms with Gasteiger partial charge in [0.15, 0.2) is 11.5 Å². The van der Waals surface area contributed by atoms with Gasteiger partial charge in [0.25, 0.3) is 11.6 Å². The highest BCUT2D eigenvalue weighted by atomic mass is 35.5. The van der Waals surface area contributed by atoms with E-state index >= 15 is 0 Å². The number of anilines is 1. The molecule has 0 spiro atoms. The third-order valence-corrected chi connectivity index (χ3v) is 5.27. The molecule has 9 nitrogen and oxygen atoms in total. The number of ether oxygens (including phenoxy) is 2. The van der Waals surface area contributed by atoms with Crippen molar-refractivity contribution in [2.45, 2.75) is 26.4 Å². The number of pyridine rings is 1. The van der Waals surface area contributed by atoms with Crippen LogP contribution in [-0.2, 0) is 6.54 Å². The summed E-state index contributed by atoms with van der Waals surface area (Å²) in [5, 5.41) is 17.9. The van der Waals surface area contributed by atoms with Crippen LogP contribution in [0.4, 0.5) is 11.4 Å². The zero-order valence-electron chi connectivity index (χ0n) is 19.0. The number of rotatable bonds is 10. The van der Waals surface area contributed by atoms with Crippen molar-refractivity contribution in [3.05, 3.63) is 86.7 Å². The lowest BCUT2D eigenvalue weighted by atomic mass is 10.1. The number of carbonyl (C=O) groups excluding carboxylic acids is 1. The SMILES string of the molecule is CCOc1c(Cl)cc(CNC(=O)c2ccc(NC(C)c3ccccn3)c([N+](=O)[O-])c2)cc1OC. The Kier molecular flexibility index (Phi) is 8.26. The van der Waals surface area contributed by atoms with E-state index in [-0.39, 0.29) is 23.8 Å². The van der Waals surface area contributed by atoms with Gasteiger partial charge in [-0.3, -0.25) is 19.9 Å². The lowest BCUT2D eigenvalue weighted by Gasteiger charge is -2.15. The van der Waals surface area contributed by atoms with Gasteiger partial charge in [-0.1, -0.05) is 17.7 Å². The number of hydrogen-bond acceptors (Lipinski definition) is 7. The monoisotopic (exact) mass is 484 g/mol. The number of nitro benzene ring substituents is 1. The van der Waals surface area contributed by atoms with Crippen molar-refractivity contribution in [1.29, 1.82) is 0 Å². The zero-order chi connectivity index (χ0) is 24.7. The summed E-state index contributed by atoms with van der Waals surface area (Å²) in [4.78, 5) is 28.1. The van der Waals surface area contributed by atoms with Crippen molar-refractivity contribution < 1.29 is 19.2 Å². The Morgan fingerprint density at radius 2 is 2.03 bits per heavy atom. The summed E-state index contributed by atoms with van der Waals surface area (Å²) < 4.78 is 10.8. The van der Waals surface area contributed by atoms with Gasteiger partial charge in [0, 0.05) is 24.4 Å². The fourth-order valence-corrected chi connectivity index (χ4v) is 3.62. The molecule has 1 amide bonds. The van der Waals surface area contributed by atoms with Gasteiger partial charge in [-0.15, -0.1) is 0 Å². The van der Waals surface area contributed by atoms with Gasteiger partial charge in [0.1, 0.15) is 5.69 Å². The van der Waals surface area contributed by atoms with Crippen LogP contribution in [0.2, 0.25) is 5.02 Å². The first-order valence-electron chi connectivity index (χ1n) is 10.6. The van der Waals surface area contributed by atoms with Gasteiger partial charge in [0.2, 0.25) is 0 Å².